The van der Waals surface area contributed by atoms with Crippen molar-refractivity contribution in [3.05, 3.63) is 121 Å². The SMILES string of the molecule is c1ccc([P](Cc2ccccn2)(c2ccccc2)c2ccccc2)cc1. The van der Waals surface area contributed by atoms with E-state index in [0.717, 1.165) is 11.9 Å². The average Bonchev–Trinajstić information content (AvgIpc) is 2.75. The minimum absolute atomic E-state index is 0.922. The van der Waals surface area contributed by atoms with E-state index in [1.165, 1.54) is 15.9 Å². The van der Waals surface area contributed by atoms with Crippen molar-refractivity contribution in [2.24, 2.45) is 0 Å². The summed E-state index contributed by atoms with van der Waals surface area (Å²) in [5.41, 5.74) is 1.14. The van der Waals surface area contributed by atoms with E-state index in [4.69, 9.17) is 0 Å². The van der Waals surface area contributed by atoms with E-state index >= 15 is 0 Å². The average molecular weight is 354 g/mol. The van der Waals surface area contributed by atoms with Crippen LogP contribution in [0.3, 0.4) is 0 Å². The lowest BCUT2D eigenvalue weighted by Gasteiger charge is -2.38. The molecule has 0 aliphatic rings. The van der Waals surface area contributed by atoms with Crippen molar-refractivity contribution >= 4 is 23.2 Å². The number of benzene rings is 3. The minimum atomic E-state index is -1.84. The Kier molecular flexibility index (Phi) is 4.91. The fraction of sp³-hybridized carbons (Fsp3) is 0.0417. The predicted octanol–water partition coefficient (Wildman–Crippen LogP) is 4.58. The van der Waals surface area contributed by atoms with Crippen LogP contribution in [0.1, 0.15) is 5.69 Å². The molecule has 4 aromatic rings. The Morgan fingerprint density at radius 3 is 1.31 bits per heavy atom. The number of hydrogen-bond donors (Lipinski definition) is 0. The molecule has 0 spiro atoms. The van der Waals surface area contributed by atoms with E-state index in [1.54, 1.807) is 0 Å². The lowest BCUT2D eigenvalue weighted by Crippen LogP contribution is -2.32. The van der Waals surface area contributed by atoms with E-state index in [2.05, 4.69) is 108 Å². The van der Waals surface area contributed by atoms with Crippen LogP contribution in [0, 0.1) is 0 Å². The van der Waals surface area contributed by atoms with E-state index in [0.29, 0.717) is 0 Å². The van der Waals surface area contributed by atoms with Crippen molar-refractivity contribution in [2.45, 2.75) is 6.16 Å². The van der Waals surface area contributed by atoms with Crippen molar-refractivity contribution in [1.29, 1.82) is 0 Å². The first-order valence-corrected chi connectivity index (χ1v) is 10.8. The molecular weight excluding hydrogens is 333 g/mol. The molecule has 1 nitrogen and oxygen atoms in total. The first kappa shape index (κ1) is 16.7. The summed E-state index contributed by atoms with van der Waals surface area (Å²) < 4.78 is 0. The van der Waals surface area contributed by atoms with Gasteiger partial charge in [0, 0.05) is 18.1 Å². The van der Waals surface area contributed by atoms with Crippen LogP contribution in [-0.2, 0) is 6.16 Å². The van der Waals surface area contributed by atoms with Gasteiger partial charge in [0.05, 0.1) is 0 Å². The van der Waals surface area contributed by atoms with Gasteiger partial charge in [0.15, 0.2) is 0 Å². The molecule has 1 radical (unpaired) electrons. The van der Waals surface area contributed by atoms with Crippen molar-refractivity contribution in [1.82, 2.24) is 4.98 Å². The lowest BCUT2D eigenvalue weighted by atomic mass is 10.3. The van der Waals surface area contributed by atoms with Crippen molar-refractivity contribution in [3.63, 3.8) is 0 Å². The molecule has 0 bridgehead atoms. The summed E-state index contributed by atoms with van der Waals surface area (Å²) in [6.45, 7) is 0. The van der Waals surface area contributed by atoms with Gasteiger partial charge >= 0.3 is 0 Å². The molecule has 3 aromatic carbocycles. The molecule has 0 aliphatic carbocycles. The maximum Gasteiger partial charge on any atom is 0.0452 e. The van der Waals surface area contributed by atoms with E-state index < -0.39 is 7.26 Å². The standard InChI is InChI=1S/C24H21NP/c1-4-13-22(14-5-1)26(23-15-6-2-7-16-23,24-17-8-3-9-18-24)20-21-12-10-11-19-25-21/h1-19H,20H2. The lowest BCUT2D eigenvalue weighted by molar-refractivity contribution is 1.17. The molecule has 0 fully saturated rings. The highest BCUT2D eigenvalue weighted by molar-refractivity contribution is 7.95. The van der Waals surface area contributed by atoms with Gasteiger partial charge in [-0.15, -0.1) is 0 Å². The third kappa shape index (κ3) is 3.19. The molecule has 1 heterocycles. The van der Waals surface area contributed by atoms with Gasteiger partial charge in [0.2, 0.25) is 0 Å². The van der Waals surface area contributed by atoms with Crippen molar-refractivity contribution in [3.8, 4) is 0 Å². The summed E-state index contributed by atoms with van der Waals surface area (Å²) in [6, 6.07) is 39.0. The predicted molar refractivity (Wildman–Crippen MR) is 113 cm³/mol. The number of pyridine rings is 1. The van der Waals surface area contributed by atoms with Gasteiger partial charge in [-0.05, 0) is 35.3 Å². The van der Waals surface area contributed by atoms with E-state index in [9.17, 15) is 0 Å². The second-order valence-electron chi connectivity index (χ2n) is 6.30. The van der Waals surface area contributed by atoms with Crippen LogP contribution >= 0.6 is 7.26 Å². The van der Waals surface area contributed by atoms with Gasteiger partial charge in [0.25, 0.3) is 0 Å². The molecule has 2 heteroatoms. The molecule has 0 saturated heterocycles. The Labute approximate surface area is 155 Å². The third-order valence-electron chi connectivity index (χ3n) is 4.72. The third-order valence-corrected chi connectivity index (χ3v) is 9.05. The Hall–Kier alpha value is -2.76. The van der Waals surface area contributed by atoms with Crippen LogP contribution in [0.25, 0.3) is 0 Å². The van der Waals surface area contributed by atoms with Gasteiger partial charge in [-0.3, -0.25) is 4.98 Å². The number of nitrogens with zero attached hydrogens (tertiary/aromatic N) is 1. The van der Waals surface area contributed by atoms with Gasteiger partial charge in [0.1, 0.15) is 0 Å². The molecule has 0 amide bonds. The monoisotopic (exact) mass is 354 g/mol. The molecule has 0 atom stereocenters. The summed E-state index contributed by atoms with van der Waals surface area (Å²) in [7, 11) is -1.84. The molecule has 0 saturated carbocycles. The molecule has 1 aromatic heterocycles. The van der Waals surface area contributed by atoms with Crippen LogP contribution < -0.4 is 15.9 Å². The zero-order chi connectivity index (χ0) is 17.7. The molecule has 26 heavy (non-hydrogen) atoms. The van der Waals surface area contributed by atoms with Crippen LogP contribution in [0.15, 0.2) is 115 Å². The summed E-state index contributed by atoms with van der Waals surface area (Å²) in [5.74, 6) is 0. The Balaban J connectivity index is 2.00. The Bertz CT molecular complexity index is 842. The zero-order valence-corrected chi connectivity index (χ0v) is 15.5. The number of hydrogen-bond acceptors (Lipinski definition) is 1. The summed E-state index contributed by atoms with van der Waals surface area (Å²) >= 11 is 0. The minimum Gasteiger partial charge on any atom is -0.261 e. The first-order chi connectivity index (χ1) is 12.9. The maximum atomic E-state index is 4.67. The van der Waals surface area contributed by atoms with E-state index in [-0.39, 0.29) is 0 Å². The second kappa shape index (κ2) is 7.64. The fourth-order valence-electron chi connectivity index (χ4n) is 3.50. The number of rotatable bonds is 5. The fourth-order valence-corrected chi connectivity index (χ4v) is 7.66. The zero-order valence-electron chi connectivity index (χ0n) is 14.6. The highest BCUT2D eigenvalue weighted by Crippen LogP contribution is 2.57. The van der Waals surface area contributed by atoms with E-state index in [1.807, 2.05) is 12.3 Å². The molecule has 0 N–H and O–H groups in total. The van der Waals surface area contributed by atoms with Crippen LogP contribution in [-0.4, -0.2) is 4.98 Å². The van der Waals surface area contributed by atoms with Gasteiger partial charge < -0.3 is 0 Å². The highest BCUT2D eigenvalue weighted by atomic mass is 31.2. The van der Waals surface area contributed by atoms with Crippen molar-refractivity contribution in [2.75, 3.05) is 0 Å². The van der Waals surface area contributed by atoms with Crippen LogP contribution in [0.4, 0.5) is 0 Å². The highest BCUT2D eigenvalue weighted by Gasteiger charge is 2.34. The maximum absolute atomic E-state index is 4.67. The first-order valence-electron chi connectivity index (χ1n) is 8.84. The molecule has 0 unspecified atom stereocenters. The topological polar surface area (TPSA) is 12.9 Å². The Morgan fingerprint density at radius 2 is 0.923 bits per heavy atom. The number of aromatic nitrogens is 1. The largest absolute Gasteiger partial charge is 0.261 e. The van der Waals surface area contributed by atoms with Gasteiger partial charge in [-0.1, -0.05) is 97.1 Å². The van der Waals surface area contributed by atoms with Crippen molar-refractivity contribution < 1.29 is 0 Å². The second-order valence-corrected chi connectivity index (χ2v) is 9.78. The summed E-state index contributed by atoms with van der Waals surface area (Å²) in [6.07, 6.45) is 2.82. The van der Waals surface area contributed by atoms with Gasteiger partial charge in [-0.2, -0.15) is 0 Å². The smallest absolute Gasteiger partial charge is 0.0452 e. The van der Waals surface area contributed by atoms with Gasteiger partial charge in [-0.25, -0.2) is 0 Å². The van der Waals surface area contributed by atoms with Crippen LogP contribution in [0.5, 0.6) is 0 Å². The normalized spacial score (nSPS) is 11.2. The molecule has 0 aliphatic heterocycles. The quantitative estimate of drug-likeness (QED) is 0.478. The molecule has 127 valence electrons. The molecule has 4 rings (SSSR count). The van der Waals surface area contributed by atoms with Crippen LogP contribution in [0.2, 0.25) is 0 Å². The Morgan fingerprint density at radius 1 is 0.500 bits per heavy atom. The molecular formula is C24H21NP. The summed E-state index contributed by atoms with van der Waals surface area (Å²) in [4.78, 5) is 4.67. The summed E-state index contributed by atoms with van der Waals surface area (Å²) in [5, 5.41) is 4.18.